The maximum absolute atomic E-state index is 10.8. The SMILES string of the molecule is Nc1ccc(Sc2ccc(Br)c(CC(=O)O)c2)cc1. The van der Waals surface area contributed by atoms with Crippen molar-refractivity contribution in [3.8, 4) is 0 Å². The van der Waals surface area contributed by atoms with Crippen LogP contribution in [0.1, 0.15) is 5.56 Å². The lowest BCUT2D eigenvalue weighted by Gasteiger charge is -2.06. The molecule has 3 N–H and O–H groups in total. The molecule has 0 fully saturated rings. The highest BCUT2D eigenvalue weighted by Crippen LogP contribution is 2.31. The highest BCUT2D eigenvalue weighted by molar-refractivity contribution is 9.10. The van der Waals surface area contributed by atoms with E-state index in [0.29, 0.717) is 0 Å². The van der Waals surface area contributed by atoms with Crippen molar-refractivity contribution in [3.05, 3.63) is 52.5 Å². The van der Waals surface area contributed by atoms with Gasteiger partial charge in [-0.1, -0.05) is 27.7 Å². The van der Waals surface area contributed by atoms with E-state index in [9.17, 15) is 4.79 Å². The topological polar surface area (TPSA) is 63.3 Å². The average molecular weight is 338 g/mol. The minimum absolute atomic E-state index is 0.0106. The molecule has 0 saturated carbocycles. The zero-order valence-corrected chi connectivity index (χ0v) is 12.4. The van der Waals surface area contributed by atoms with Crippen LogP contribution in [0, 0.1) is 0 Å². The first-order valence-electron chi connectivity index (χ1n) is 5.58. The molecule has 0 saturated heterocycles. The number of rotatable bonds is 4. The maximum Gasteiger partial charge on any atom is 0.307 e. The summed E-state index contributed by atoms with van der Waals surface area (Å²) in [6.45, 7) is 0. The van der Waals surface area contributed by atoms with Gasteiger partial charge in [-0.05, 0) is 48.0 Å². The number of benzene rings is 2. The highest BCUT2D eigenvalue weighted by atomic mass is 79.9. The quantitative estimate of drug-likeness (QED) is 0.832. The number of carbonyl (C=O) groups is 1. The summed E-state index contributed by atoms with van der Waals surface area (Å²) in [4.78, 5) is 12.9. The first-order valence-corrected chi connectivity index (χ1v) is 7.19. The summed E-state index contributed by atoms with van der Waals surface area (Å²) in [6.07, 6.45) is 0.0106. The predicted molar refractivity (Wildman–Crippen MR) is 80.5 cm³/mol. The number of carboxylic acid groups (broad SMARTS) is 1. The first kappa shape index (κ1) is 14.0. The summed E-state index contributed by atoms with van der Waals surface area (Å²) < 4.78 is 0.816. The highest BCUT2D eigenvalue weighted by Gasteiger charge is 2.07. The van der Waals surface area contributed by atoms with E-state index >= 15 is 0 Å². The van der Waals surface area contributed by atoms with Gasteiger partial charge < -0.3 is 10.8 Å². The number of hydrogen-bond donors (Lipinski definition) is 2. The fourth-order valence-electron chi connectivity index (χ4n) is 1.58. The zero-order valence-electron chi connectivity index (χ0n) is 9.97. The molecule has 2 rings (SSSR count). The summed E-state index contributed by atoms with van der Waals surface area (Å²) >= 11 is 4.94. The van der Waals surface area contributed by atoms with Gasteiger partial charge in [0.15, 0.2) is 0 Å². The van der Waals surface area contributed by atoms with Crippen LogP contribution in [-0.4, -0.2) is 11.1 Å². The predicted octanol–water partition coefficient (Wildman–Crippen LogP) is 3.81. The lowest BCUT2D eigenvalue weighted by Crippen LogP contribution is -2.00. The molecule has 0 atom stereocenters. The minimum Gasteiger partial charge on any atom is -0.481 e. The van der Waals surface area contributed by atoms with Gasteiger partial charge in [0.05, 0.1) is 6.42 Å². The second-order valence-electron chi connectivity index (χ2n) is 3.99. The van der Waals surface area contributed by atoms with E-state index in [4.69, 9.17) is 10.8 Å². The number of hydrogen-bond acceptors (Lipinski definition) is 3. The molecule has 0 radical (unpaired) electrons. The van der Waals surface area contributed by atoms with Gasteiger partial charge in [-0.25, -0.2) is 0 Å². The normalized spacial score (nSPS) is 10.4. The summed E-state index contributed by atoms with van der Waals surface area (Å²) in [5.41, 5.74) is 7.14. The van der Waals surface area contributed by atoms with Crippen LogP contribution in [0.5, 0.6) is 0 Å². The van der Waals surface area contributed by atoms with Gasteiger partial charge in [-0.2, -0.15) is 0 Å². The van der Waals surface area contributed by atoms with E-state index < -0.39 is 5.97 Å². The minimum atomic E-state index is -0.838. The van der Waals surface area contributed by atoms with E-state index in [1.165, 1.54) is 0 Å². The van der Waals surface area contributed by atoms with Crippen LogP contribution in [0.3, 0.4) is 0 Å². The maximum atomic E-state index is 10.8. The van der Waals surface area contributed by atoms with E-state index in [1.807, 2.05) is 42.5 Å². The number of aliphatic carboxylic acids is 1. The molecule has 0 unspecified atom stereocenters. The summed E-state index contributed by atoms with van der Waals surface area (Å²) in [5.74, 6) is -0.838. The van der Waals surface area contributed by atoms with Crippen molar-refractivity contribution < 1.29 is 9.90 Å². The Morgan fingerprint density at radius 3 is 2.42 bits per heavy atom. The number of nitrogens with two attached hydrogens (primary N) is 1. The number of anilines is 1. The number of carboxylic acids is 1. The molecule has 2 aromatic carbocycles. The van der Waals surface area contributed by atoms with E-state index in [2.05, 4.69) is 15.9 Å². The van der Waals surface area contributed by atoms with Crippen molar-refractivity contribution >= 4 is 39.3 Å². The molecular formula is C14H12BrNO2S. The Morgan fingerprint density at radius 2 is 1.79 bits per heavy atom. The number of halogens is 1. The Kier molecular flexibility index (Phi) is 4.50. The van der Waals surface area contributed by atoms with Crippen LogP contribution in [-0.2, 0) is 11.2 Å². The van der Waals surface area contributed by atoms with Crippen molar-refractivity contribution in [1.82, 2.24) is 0 Å². The smallest absolute Gasteiger partial charge is 0.307 e. The molecule has 0 heterocycles. The Bertz CT molecular complexity index is 599. The summed E-state index contributed by atoms with van der Waals surface area (Å²) in [7, 11) is 0. The Balaban J connectivity index is 2.21. The van der Waals surface area contributed by atoms with Crippen LogP contribution in [0.4, 0.5) is 5.69 Å². The molecule has 5 heteroatoms. The third-order valence-corrected chi connectivity index (χ3v) is 4.25. The van der Waals surface area contributed by atoms with Crippen LogP contribution in [0.2, 0.25) is 0 Å². The van der Waals surface area contributed by atoms with Crippen molar-refractivity contribution in [1.29, 1.82) is 0 Å². The van der Waals surface area contributed by atoms with Gasteiger partial charge in [0, 0.05) is 20.0 Å². The average Bonchev–Trinajstić information content (AvgIpc) is 2.36. The third-order valence-electron chi connectivity index (χ3n) is 2.47. The Labute approximate surface area is 124 Å². The molecule has 0 aliphatic rings. The van der Waals surface area contributed by atoms with Crippen molar-refractivity contribution in [2.45, 2.75) is 16.2 Å². The molecule has 0 spiro atoms. The first-order chi connectivity index (χ1) is 9.04. The molecule has 0 aromatic heterocycles. The Hall–Kier alpha value is -1.46. The largest absolute Gasteiger partial charge is 0.481 e. The van der Waals surface area contributed by atoms with Gasteiger partial charge in [0.1, 0.15) is 0 Å². The molecular weight excluding hydrogens is 326 g/mol. The molecule has 0 aliphatic carbocycles. The van der Waals surface area contributed by atoms with Gasteiger partial charge in [0.25, 0.3) is 0 Å². The third kappa shape index (κ3) is 4.01. The molecule has 0 amide bonds. The van der Waals surface area contributed by atoms with Crippen LogP contribution in [0.25, 0.3) is 0 Å². The molecule has 3 nitrogen and oxygen atoms in total. The lowest BCUT2D eigenvalue weighted by atomic mass is 10.1. The van der Waals surface area contributed by atoms with Crippen LogP contribution >= 0.6 is 27.7 Å². The van der Waals surface area contributed by atoms with E-state index in [1.54, 1.807) is 11.8 Å². The van der Waals surface area contributed by atoms with Gasteiger partial charge in [-0.3, -0.25) is 4.79 Å². The van der Waals surface area contributed by atoms with Crippen molar-refractivity contribution in [3.63, 3.8) is 0 Å². The molecule has 19 heavy (non-hydrogen) atoms. The van der Waals surface area contributed by atoms with E-state index in [-0.39, 0.29) is 6.42 Å². The van der Waals surface area contributed by atoms with Crippen molar-refractivity contribution in [2.75, 3.05) is 5.73 Å². The van der Waals surface area contributed by atoms with Gasteiger partial charge in [-0.15, -0.1) is 0 Å². The van der Waals surface area contributed by atoms with Crippen molar-refractivity contribution in [2.24, 2.45) is 0 Å². The monoisotopic (exact) mass is 337 g/mol. The lowest BCUT2D eigenvalue weighted by molar-refractivity contribution is -0.136. The fraction of sp³-hybridized carbons (Fsp3) is 0.0714. The molecule has 0 aliphatic heterocycles. The standard InChI is InChI=1S/C14H12BrNO2S/c15-13-6-5-12(7-9(13)8-14(17)18)19-11-3-1-10(16)2-4-11/h1-7H,8,16H2,(H,17,18). The summed E-state index contributed by atoms with van der Waals surface area (Å²) in [5, 5.41) is 8.86. The number of nitrogen functional groups attached to an aromatic ring is 1. The van der Waals surface area contributed by atoms with E-state index in [0.717, 1.165) is 25.5 Å². The fourth-order valence-corrected chi connectivity index (χ4v) is 2.85. The zero-order chi connectivity index (χ0) is 13.8. The molecule has 98 valence electrons. The second-order valence-corrected chi connectivity index (χ2v) is 6.00. The van der Waals surface area contributed by atoms with Crippen LogP contribution < -0.4 is 5.73 Å². The summed E-state index contributed by atoms with van der Waals surface area (Å²) in [6, 6.07) is 13.3. The van der Waals surface area contributed by atoms with Gasteiger partial charge >= 0.3 is 5.97 Å². The Morgan fingerprint density at radius 1 is 1.16 bits per heavy atom. The molecule has 2 aromatic rings. The second kappa shape index (κ2) is 6.12. The van der Waals surface area contributed by atoms with Crippen LogP contribution in [0.15, 0.2) is 56.7 Å². The van der Waals surface area contributed by atoms with Gasteiger partial charge in [0.2, 0.25) is 0 Å². The molecule has 0 bridgehead atoms.